The van der Waals surface area contributed by atoms with Gasteiger partial charge in [-0.05, 0) is 32.3 Å². The second kappa shape index (κ2) is 6.99. The molecule has 0 radical (unpaired) electrons. The number of anilines is 1. The Bertz CT molecular complexity index is 1090. The van der Waals surface area contributed by atoms with E-state index in [4.69, 9.17) is 4.74 Å². The molecule has 1 saturated heterocycles. The molecule has 1 unspecified atom stereocenters. The number of carbonyl (C=O) groups is 1. The molecule has 1 N–H and O–H groups in total. The SMILES string of the molecule is CCOC(=O)c1cn(C2CC2)c2c3c(c(F)cc2c1=O)N1CCNCC1CC=C3. The van der Waals surface area contributed by atoms with Crippen LogP contribution in [0.2, 0.25) is 0 Å². The van der Waals surface area contributed by atoms with Gasteiger partial charge in [-0.15, -0.1) is 0 Å². The van der Waals surface area contributed by atoms with Gasteiger partial charge in [0.25, 0.3) is 0 Å². The Morgan fingerprint density at radius 3 is 2.93 bits per heavy atom. The van der Waals surface area contributed by atoms with E-state index in [9.17, 15) is 9.59 Å². The Labute approximate surface area is 167 Å². The molecule has 0 spiro atoms. The number of hydrogen-bond acceptors (Lipinski definition) is 5. The standard InChI is InChI=1S/C22H24FN3O3/c1-2-29-22(28)17-12-26(13-6-7-13)19-15-5-3-4-14-11-24-8-9-25(14)20(15)18(23)10-16(19)21(17)27/h3,5,10,12-14,24H,2,4,6-9,11H2,1H3. The number of aromatic nitrogens is 1. The highest BCUT2D eigenvalue weighted by atomic mass is 19.1. The molecule has 3 aliphatic rings. The van der Waals surface area contributed by atoms with Crippen molar-refractivity contribution in [2.45, 2.75) is 38.3 Å². The van der Waals surface area contributed by atoms with Crippen LogP contribution in [-0.4, -0.2) is 42.8 Å². The van der Waals surface area contributed by atoms with Gasteiger partial charge in [0.1, 0.15) is 11.4 Å². The van der Waals surface area contributed by atoms with Crippen LogP contribution in [-0.2, 0) is 4.74 Å². The van der Waals surface area contributed by atoms with Crippen LogP contribution in [0.4, 0.5) is 10.1 Å². The van der Waals surface area contributed by atoms with Gasteiger partial charge in [0.05, 0.1) is 23.2 Å². The van der Waals surface area contributed by atoms with Crippen LogP contribution in [0.25, 0.3) is 17.0 Å². The molecule has 7 heteroatoms. The van der Waals surface area contributed by atoms with Crippen molar-refractivity contribution in [1.82, 2.24) is 9.88 Å². The summed E-state index contributed by atoms with van der Waals surface area (Å²) < 4.78 is 22.5. The lowest BCUT2D eigenvalue weighted by Gasteiger charge is -2.38. The molecule has 1 aliphatic carbocycles. The Kier molecular flexibility index (Phi) is 4.42. The van der Waals surface area contributed by atoms with Gasteiger partial charge in [0.2, 0.25) is 5.43 Å². The number of halogens is 1. The van der Waals surface area contributed by atoms with Crippen LogP contribution in [0.15, 0.2) is 23.1 Å². The zero-order valence-electron chi connectivity index (χ0n) is 16.4. The van der Waals surface area contributed by atoms with Crippen molar-refractivity contribution in [2.75, 3.05) is 31.1 Å². The molecule has 152 valence electrons. The molecule has 0 bridgehead atoms. The summed E-state index contributed by atoms with van der Waals surface area (Å²) in [5.41, 5.74) is 1.53. The van der Waals surface area contributed by atoms with E-state index in [1.165, 1.54) is 6.07 Å². The van der Waals surface area contributed by atoms with Crippen LogP contribution in [0.3, 0.4) is 0 Å². The Hall–Kier alpha value is -2.67. The summed E-state index contributed by atoms with van der Waals surface area (Å²) in [6.45, 7) is 4.21. The van der Waals surface area contributed by atoms with E-state index in [0.717, 1.165) is 50.0 Å². The number of piperazine rings is 1. The second-order valence-electron chi connectivity index (χ2n) is 7.94. The minimum atomic E-state index is -0.651. The highest BCUT2D eigenvalue weighted by molar-refractivity contribution is 5.99. The van der Waals surface area contributed by atoms with Crippen LogP contribution in [0.1, 0.15) is 48.1 Å². The quantitative estimate of drug-likeness (QED) is 0.807. The van der Waals surface area contributed by atoms with E-state index in [1.54, 1.807) is 13.1 Å². The first-order chi connectivity index (χ1) is 14.1. The maximum absolute atomic E-state index is 15.4. The number of benzene rings is 1. The summed E-state index contributed by atoms with van der Waals surface area (Å²) in [4.78, 5) is 27.6. The highest BCUT2D eigenvalue weighted by Crippen LogP contribution is 2.42. The number of nitrogens with zero attached hydrogens (tertiary/aromatic N) is 2. The predicted octanol–water partition coefficient (Wildman–Crippen LogP) is 2.85. The molecule has 2 aliphatic heterocycles. The normalized spacial score (nSPS) is 20.9. The zero-order chi connectivity index (χ0) is 20.1. The fourth-order valence-corrected chi connectivity index (χ4v) is 4.56. The number of fused-ring (bicyclic) bond motifs is 5. The van der Waals surface area contributed by atoms with E-state index in [2.05, 4.69) is 16.3 Å². The van der Waals surface area contributed by atoms with Gasteiger partial charge >= 0.3 is 5.97 Å². The Morgan fingerprint density at radius 1 is 1.34 bits per heavy atom. The summed E-state index contributed by atoms with van der Waals surface area (Å²) >= 11 is 0. The van der Waals surface area contributed by atoms with E-state index < -0.39 is 17.2 Å². The van der Waals surface area contributed by atoms with E-state index >= 15 is 4.39 Å². The number of rotatable bonds is 3. The largest absolute Gasteiger partial charge is 0.462 e. The van der Waals surface area contributed by atoms with Gasteiger partial charge in [-0.2, -0.15) is 0 Å². The minimum absolute atomic E-state index is 0.0248. The van der Waals surface area contributed by atoms with Crippen molar-refractivity contribution >= 4 is 28.6 Å². The third-order valence-electron chi connectivity index (χ3n) is 6.04. The fourth-order valence-electron chi connectivity index (χ4n) is 4.56. The zero-order valence-corrected chi connectivity index (χ0v) is 16.4. The van der Waals surface area contributed by atoms with E-state index in [-0.39, 0.29) is 29.6 Å². The van der Waals surface area contributed by atoms with Gasteiger partial charge in [-0.3, -0.25) is 4.79 Å². The van der Waals surface area contributed by atoms with Crippen LogP contribution >= 0.6 is 0 Å². The van der Waals surface area contributed by atoms with Crippen molar-refractivity contribution in [3.05, 3.63) is 45.5 Å². The Morgan fingerprint density at radius 2 is 2.17 bits per heavy atom. The van der Waals surface area contributed by atoms with Crippen molar-refractivity contribution < 1.29 is 13.9 Å². The monoisotopic (exact) mass is 397 g/mol. The molecule has 29 heavy (non-hydrogen) atoms. The van der Waals surface area contributed by atoms with Crippen LogP contribution in [0.5, 0.6) is 0 Å². The van der Waals surface area contributed by atoms with Gasteiger partial charge in [-0.25, -0.2) is 9.18 Å². The van der Waals surface area contributed by atoms with Crippen molar-refractivity contribution in [1.29, 1.82) is 0 Å². The molecule has 1 aromatic carbocycles. The molecule has 1 atom stereocenters. The third kappa shape index (κ3) is 2.95. The first kappa shape index (κ1) is 18.4. The molecule has 6 nitrogen and oxygen atoms in total. The average Bonchev–Trinajstić information content (AvgIpc) is 3.55. The maximum Gasteiger partial charge on any atom is 0.343 e. The number of nitrogens with one attached hydrogen (secondary N) is 1. The molecule has 3 heterocycles. The van der Waals surface area contributed by atoms with Crippen molar-refractivity contribution in [2.24, 2.45) is 0 Å². The molecule has 2 fully saturated rings. The van der Waals surface area contributed by atoms with E-state index in [1.807, 2.05) is 10.6 Å². The average molecular weight is 397 g/mol. The molecule has 1 saturated carbocycles. The first-order valence-corrected chi connectivity index (χ1v) is 10.3. The lowest BCUT2D eigenvalue weighted by Crippen LogP contribution is -2.51. The van der Waals surface area contributed by atoms with Gasteiger partial charge in [-0.1, -0.05) is 12.2 Å². The highest BCUT2D eigenvalue weighted by Gasteiger charge is 2.33. The van der Waals surface area contributed by atoms with Gasteiger partial charge in [0, 0.05) is 43.5 Å². The Balaban J connectivity index is 1.81. The summed E-state index contributed by atoms with van der Waals surface area (Å²) in [6, 6.07) is 1.72. The summed E-state index contributed by atoms with van der Waals surface area (Å²) in [5.74, 6) is -1.06. The number of esters is 1. The maximum atomic E-state index is 15.4. The lowest BCUT2D eigenvalue weighted by molar-refractivity contribution is 0.0524. The molecule has 2 aromatic rings. The smallest absolute Gasteiger partial charge is 0.343 e. The fraction of sp³-hybridized carbons (Fsp3) is 0.455. The third-order valence-corrected chi connectivity index (χ3v) is 6.04. The number of ether oxygens (including phenoxy) is 1. The first-order valence-electron chi connectivity index (χ1n) is 10.3. The van der Waals surface area contributed by atoms with Crippen LogP contribution < -0.4 is 15.6 Å². The minimum Gasteiger partial charge on any atom is -0.462 e. The number of carbonyl (C=O) groups excluding carboxylic acids is 1. The molecule has 1 aromatic heterocycles. The molecule has 5 rings (SSSR count). The van der Waals surface area contributed by atoms with Crippen LogP contribution in [0, 0.1) is 5.82 Å². The lowest BCUT2D eigenvalue weighted by atomic mass is 10.0. The number of pyridine rings is 1. The summed E-state index contributed by atoms with van der Waals surface area (Å²) in [5, 5.41) is 3.62. The second-order valence-corrected chi connectivity index (χ2v) is 7.94. The summed E-state index contributed by atoms with van der Waals surface area (Å²) in [6.07, 6.45) is 8.40. The predicted molar refractivity (Wildman–Crippen MR) is 110 cm³/mol. The topological polar surface area (TPSA) is 63.6 Å². The van der Waals surface area contributed by atoms with Gasteiger partial charge < -0.3 is 19.5 Å². The van der Waals surface area contributed by atoms with E-state index in [0.29, 0.717) is 5.69 Å². The van der Waals surface area contributed by atoms with Crippen molar-refractivity contribution in [3.63, 3.8) is 0 Å². The molecular weight excluding hydrogens is 373 g/mol. The molecule has 0 amide bonds. The van der Waals surface area contributed by atoms with Gasteiger partial charge in [0.15, 0.2) is 0 Å². The summed E-state index contributed by atoms with van der Waals surface area (Å²) in [7, 11) is 0. The number of hydrogen-bond donors (Lipinski definition) is 1. The molecular formula is C22H24FN3O3. The van der Waals surface area contributed by atoms with Crippen molar-refractivity contribution in [3.8, 4) is 0 Å².